The number of carbonyl (C=O) groups is 2. The van der Waals surface area contributed by atoms with Crippen LogP contribution in [0, 0.1) is 5.82 Å². The van der Waals surface area contributed by atoms with Crippen molar-refractivity contribution in [3.05, 3.63) is 59.9 Å². The molecule has 0 aromatic heterocycles. The van der Waals surface area contributed by atoms with Crippen LogP contribution in [0.4, 0.5) is 14.9 Å². The second-order valence-corrected chi connectivity index (χ2v) is 8.86. The lowest BCUT2D eigenvalue weighted by Crippen LogP contribution is -2.56. The summed E-state index contributed by atoms with van der Waals surface area (Å²) < 4.78 is 18.5. The van der Waals surface area contributed by atoms with Crippen LogP contribution in [-0.2, 0) is 16.0 Å². The maximum Gasteiger partial charge on any atom is 0.408 e. The van der Waals surface area contributed by atoms with E-state index in [4.69, 9.17) is 4.74 Å². The summed E-state index contributed by atoms with van der Waals surface area (Å²) in [4.78, 5) is 29.5. The fourth-order valence-electron chi connectivity index (χ4n) is 3.57. The van der Waals surface area contributed by atoms with Crippen LogP contribution >= 0.6 is 0 Å². The quantitative estimate of drug-likeness (QED) is 0.741. The van der Waals surface area contributed by atoms with Crippen molar-refractivity contribution in [1.29, 1.82) is 0 Å². The van der Waals surface area contributed by atoms with Crippen LogP contribution in [0.1, 0.15) is 26.3 Å². The molecule has 1 heterocycles. The number of anilines is 1. The highest BCUT2D eigenvalue weighted by atomic mass is 19.1. The number of hydrogen-bond acceptors (Lipinski definition) is 5. The molecule has 3 rings (SSSR count). The molecule has 0 bridgehead atoms. The van der Waals surface area contributed by atoms with Crippen LogP contribution in [-0.4, -0.2) is 59.8 Å². The lowest BCUT2D eigenvalue weighted by molar-refractivity contribution is -0.133. The molecule has 8 heteroatoms. The summed E-state index contributed by atoms with van der Waals surface area (Å²) >= 11 is 0. The third kappa shape index (κ3) is 6.60. The average Bonchev–Trinajstić information content (AvgIpc) is 2.74. The van der Waals surface area contributed by atoms with Crippen molar-refractivity contribution in [3.63, 3.8) is 0 Å². The number of amides is 2. The zero-order chi connectivity index (χ0) is 23.3. The van der Waals surface area contributed by atoms with E-state index in [9.17, 15) is 19.1 Å². The van der Waals surface area contributed by atoms with Gasteiger partial charge in [-0.15, -0.1) is 0 Å². The van der Waals surface area contributed by atoms with Crippen LogP contribution in [0.2, 0.25) is 0 Å². The number of nitrogens with zero attached hydrogens (tertiary/aromatic N) is 2. The van der Waals surface area contributed by atoms with E-state index < -0.39 is 17.7 Å². The van der Waals surface area contributed by atoms with Crippen molar-refractivity contribution in [2.45, 2.75) is 38.8 Å². The normalized spacial score (nSPS) is 15.2. The molecule has 32 heavy (non-hydrogen) atoms. The molecule has 1 aliphatic rings. The molecule has 0 saturated carbocycles. The van der Waals surface area contributed by atoms with Crippen molar-refractivity contribution in [3.8, 4) is 5.75 Å². The van der Waals surface area contributed by atoms with Gasteiger partial charge in [-0.25, -0.2) is 9.18 Å². The number of halogens is 1. The van der Waals surface area contributed by atoms with Gasteiger partial charge in [0.15, 0.2) is 0 Å². The van der Waals surface area contributed by atoms with Crippen molar-refractivity contribution >= 4 is 17.7 Å². The van der Waals surface area contributed by atoms with Gasteiger partial charge in [-0.05, 0) is 62.7 Å². The van der Waals surface area contributed by atoms with Crippen molar-refractivity contribution in [2.24, 2.45) is 0 Å². The summed E-state index contributed by atoms with van der Waals surface area (Å²) in [6.07, 6.45) is -0.379. The first-order valence-corrected chi connectivity index (χ1v) is 10.7. The van der Waals surface area contributed by atoms with Gasteiger partial charge in [-0.3, -0.25) is 4.79 Å². The number of phenolic OH excluding ortho intramolecular Hbond substituents is 1. The van der Waals surface area contributed by atoms with Crippen LogP contribution in [0.25, 0.3) is 0 Å². The molecule has 0 unspecified atom stereocenters. The number of piperazine rings is 1. The molecule has 1 aliphatic heterocycles. The van der Waals surface area contributed by atoms with Gasteiger partial charge in [-0.1, -0.05) is 12.1 Å². The highest BCUT2D eigenvalue weighted by Gasteiger charge is 2.30. The van der Waals surface area contributed by atoms with Gasteiger partial charge in [0.25, 0.3) is 0 Å². The number of aromatic hydroxyl groups is 1. The molecule has 0 aliphatic carbocycles. The van der Waals surface area contributed by atoms with Gasteiger partial charge >= 0.3 is 6.09 Å². The number of benzene rings is 2. The molecule has 0 spiro atoms. The minimum absolute atomic E-state index is 0.133. The lowest BCUT2D eigenvalue weighted by atomic mass is 10.0. The Morgan fingerprint density at radius 2 is 1.62 bits per heavy atom. The Balaban J connectivity index is 1.67. The molecule has 2 aromatic rings. The fraction of sp³-hybridized carbons (Fsp3) is 0.417. The average molecular weight is 444 g/mol. The minimum Gasteiger partial charge on any atom is -0.508 e. The molecule has 0 radical (unpaired) electrons. The topological polar surface area (TPSA) is 82.1 Å². The number of alkyl carbamates (subject to hydrolysis) is 1. The number of carbonyl (C=O) groups excluding carboxylic acids is 2. The van der Waals surface area contributed by atoms with E-state index >= 15 is 0 Å². The zero-order valence-corrected chi connectivity index (χ0v) is 18.7. The van der Waals surface area contributed by atoms with E-state index in [1.165, 1.54) is 12.1 Å². The second-order valence-electron chi connectivity index (χ2n) is 8.86. The van der Waals surface area contributed by atoms with Gasteiger partial charge in [0.2, 0.25) is 5.91 Å². The number of hydrogen-bond donors (Lipinski definition) is 2. The highest BCUT2D eigenvalue weighted by molar-refractivity contribution is 5.86. The second kappa shape index (κ2) is 9.89. The number of nitrogens with one attached hydrogen (secondary N) is 1. The number of ether oxygens (including phenoxy) is 1. The van der Waals surface area contributed by atoms with E-state index in [0.29, 0.717) is 26.2 Å². The molecule has 1 atom stereocenters. The van der Waals surface area contributed by atoms with Gasteiger partial charge in [-0.2, -0.15) is 0 Å². The van der Waals surface area contributed by atoms with Crippen molar-refractivity contribution in [2.75, 3.05) is 31.1 Å². The Kier molecular flexibility index (Phi) is 7.22. The standard InChI is InChI=1S/C24H30FN3O4/c1-24(2,3)32-23(31)26-21(16-17-4-10-20(29)11-5-17)22(30)28-14-12-27(13-15-28)19-8-6-18(25)7-9-19/h4-11,21,29H,12-16H2,1-3H3,(H,26,31)/t21-/m0/s1. The largest absolute Gasteiger partial charge is 0.508 e. The Labute approximate surface area is 187 Å². The first kappa shape index (κ1) is 23.4. The molecule has 1 fully saturated rings. The van der Waals surface area contributed by atoms with Gasteiger partial charge in [0.1, 0.15) is 23.2 Å². The van der Waals surface area contributed by atoms with E-state index in [-0.39, 0.29) is 23.9 Å². The van der Waals surface area contributed by atoms with Gasteiger partial charge < -0.3 is 25.0 Å². The van der Waals surface area contributed by atoms with Gasteiger partial charge in [0.05, 0.1) is 0 Å². The maximum atomic E-state index is 13.3. The molecule has 2 N–H and O–H groups in total. The minimum atomic E-state index is -0.799. The van der Waals surface area contributed by atoms with Crippen molar-refractivity contribution in [1.82, 2.24) is 10.2 Å². The predicted octanol–water partition coefficient (Wildman–Crippen LogP) is 3.32. The Morgan fingerprint density at radius 1 is 1.03 bits per heavy atom. The van der Waals surface area contributed by atoms with E-state index in [2.05, 4.69) is 10.2 Å². The zero-order valence-electron chi connectivity index (χ0n) is 18.7. The SMILES string of the molecule is CC(C)(C)OC(=O)N[C@@H](Cc1ccc(O)cc1)C(=O)N1CCN(c2ccc(F)cc2)CC1. The molecular formula is C24H30FN3O4. The smallest absolute Gasteiger partial charge is 0.408 e. The summed E-state index contributed by atoms with van der Waals surface area (Å²) in [7, 11) is 0. The molecule has 1 saturated heterocycles. The summed E-state index contributed by atoms with van der Waals surface area (Å²) in [6.45, 7) is 7.47. The van der Waals surface area contributed by atoms with E-state index in [1.54, 1.807) is 62.1 Å². The summed E-state index contributed by atoms with van der Waals surface area (Å²) in [6, 6.07) is 12.0. The molecule has 2 amide bonds. The molecule has 7 nitrogen and oxygen atoms in total. The lowest BCUT2D eigenvalue weighted by Gasteiger charge is -2.37. The van der Waals surface area contributed by atoms with Crippen molar-refractivity contribution < 1.29 is 23.8 Å². The maximum absolute atomic E-state index is 13.3. The van der Waals surface area contributed by atoms with Crippen LogP contribution in [0.5, 0.6) is 5.75 Å². The molecular weight excluding hydrogens is 413 g/mol. The first-order chi connectivity index (χ1) is 15.1. The molecule has 2 aromatic carbocycles. The fourth-order valence-corrected chi connectivity index (χ4v) is 3.57. The van der Waals surface area contributed by atoms with Gasteiger partial charge in [0, 0.05) is 38.3 Å². The highest BCUT2D eigenvalue weighted by Crippen LogP contribution is 2.18. The third-order valence-electron chi connectivity index (χ3n) is 5.15. The summed E-state index contributed by atoms with van der Waals surface area (Å²) in [5, 5.41) is 12.2. The number of phenols is 1. The number of rotatable bonds is 5. The summed E-state index contributed by atoms with van der Waals surface area (Å²) in [5.74, 6) is -0.343. The Hall–Kier alpha value is -3.29. The first-order valence-electron chi connectivity index (χ1n) is 10.7. The third-order valence-corrected chi connectivity index (χ3v) is 5.15. The molecule has 172 valence electrons. The van der Waals surface area contributed by atoms with Crippen LogP contribution in [0.3, 0.4) is 0 Å². The van der Waals surface area contributed by atoms with E-state index in [1.807, 2.05) is 0 Å². The van der Waals surface area contributed by atoms with E-state index in [0.717, 1.165) is 11.3 Å². The Bertz CT molecular complexity index is 918. The van der Waals surface area contributed by atoms with Crippen LogP contribution < -0.4 is 10.2 Å². The Morgan fingerprint density at radius 3 is 2.19 bits per heavy atom. The summed E-state index contributed by atoms with van der Waals surface area (Å²) in [5.41, 5.74) is 1.03. The predicted molar refractivity (Wildman–Crippen MR) is 120 cm³/mol. The van der Waals surface area contributed by atoms with Crippen LogP contribution in [0.15, 0.2) is 48.5 Å². The monoisotopic (exact) mass is 443 g/mol.